The molecule has 4 nitrogen and oxygen atoms in total. The molecule has 88 valence electrons. The van der Waals surface area contributed by atoms with Gasteiger partial charge in [-0.05, 0) is 29.7 Å². The summed E-state index contributed by atoms with van der Waals surface area (Å²) in [5.41, 5.74) is 1.85. The fourth-order valence-electron chi connectivity index (χ4n) is 1.84. The van der Waals surface area contributed by atoms with E-state index in [2.05, 4.69) is 5.32 Å². The lowest BCUT2D eigenvalue weighted by molar-refractivity contribution is 0.358. The second-order valence-electron chi connectivity index (χ2n) is 3.91. The predicted octanol–water partition coefficient (Wildman–Crippen LogP) is 0.318. The molecule has 1 heterocycles. The molecular weight excluding hydrogens is 231 g/mol. The zero-order chi connectivity index (χ0) is 11.8. The van der Waals surface area contributed by atoms with Crippen LogP contribution in [0.1, 0.15) is 11.1 Å². The SMILES string of the molecule is NS(=O)(=O)c1ccc2c(c1)CN[C@@H](CF)C2. The topological polar surface area (TPSA) is 72.2 Å². The Hall–Kier alpha value is -0.980. The maximum absolute atomic E-state index is 12.5. The van der Waals surface area contributed by atoms with Gasteiger partial charge in [0.2, 0.25) is 10.0 Å². The number of nitrogens with two attached hydrogens (primary N) is 1. The monoisotopic (exact) mass is 244 g/mol. The highest BCUT2D eigenvalue weighted by Gasteiger charge is 2.19. The largest absolute Gasteiger partial charge is 0.307 e. The van der Waals surface area contributed by atoms with E-state index >= 15 is 0 Å². The first-order valence-electron chi connectivity index (χ1n) is 4.94. The minimum atomic E-state index is -3.66. The van der Waals surface area contributed by atoms with Crippen molar-refractivity contribution in [2.75, 3.05) is 6.67 Å². The van der Waals surface area contributed by atoms with E-state index in [1.807, 2.05) is 0 Å². The van der Waals surface area contributed by atoms with Gasteiger partial charge in [-0.3, -0.25) is 0 Å². The van der Waals surface area contributed by atoms with Gasteiger partial charge in [-0.1, -0.05) is 6.07 Å². The van der Waals surface area contributed by atoms with E-state index in [4.69, 9.17) is 5.14 Å². The summed E-state index contributed by atoms with van der Waals surface area (Å²) in [6.07, 6.45) is 0.580. The number of sulfonamides is 1. The van der Waals surface area contributed by atoms with Gasteiger partial charge < -0.3 is 5.32 Å². The van der Waals surface area contributed by atoms with Gasteiger partial charge in [-0.15, -0.1) is 0 Å². The molecule has 0 bridgehead atoms. The van der Waals surface area contributed by atoms with Gasteiger partial charge in [0.05, 0.1) is 4.90 Å². The Bertz CT molecular complexity index is 502. The van der Waals surface area contributed by atoms with E-state index in [1.54, 1.807) is 12.1 Å². The van der Waals surface area contributed by atoms with Crippen LogP contribution in [-0.2, 0) is 23.0 Å². The molecule has 1 aliphatic rings. The summed E-state index contributed by atoms with van der Waals surface area (Å²) in [5, 5.41) is 8.03. The maximum atomic E-state index is 12.5. The van der Waals surface area contributed by atoms with Gasteiger partial charge in [0.1, 0.15) is 6.67 Å². The van der Waals surface area contributed by atoms with Crippen molar-refractivity contribution in [3.05, 3.63) is 29.3 Å². The van der Waals surface area contributed by atoms with Gasteiger partial charge in [0.15, 0.2) is 0 Å². The Morgan fingerprint density at radius 2 is 2.19 bits per heavy atom. The van der Waals surface area contributed by atoms with Crippen molar-refractivity contribution < 1.29 is 12.8 Å². The first-order chi connectivity index (χ1) is 7.50. The van der Waals surface area contributed by atoms with Gasteiger partial charge in [0, 0.05) is 12.6 Å². The molecule has 0 spiro atoms. The second-order valence-corrected chi connectivity index (χ2v) is 5.47. The molecule has 2 rings (SSSR count). The average Bonchev–Trinajstić information content (AvgIpc) is 2.26. The van der Waals surface area contributed by atoms with Crippen molar-refractivity contribution in [1.82, 2.24) is 5.32 Å². The highest BCUT2D eigenvalue weighted by atomic mass is 32.2. The maximum Gasteiger partial charge on any atom is 0.238 e. The molecule has 1 atom stereocenters. The number of benzene rings is 1. The molecule has 0 amide bonds. The molecule has 3 N–H and O–H groups in total. The van der Waals surface area contributed by atoms with Crippen molar-refractivity contribution in [3.8, 4) is 0 Å². The van der Waals surface area contributed by atoms with Crippen LogP contribution in [0.2, 0.25) is 0 Å². The quantitative estimate of drug-likeness (QED) is 0.787. The van der Waals surface area contributed by atoms with Crippen molar-refractivity contribution in [3.63, 3.8) is 0 Å². The number of halogens is 1. The highest BCUT2D eigenvalue weighted by Crippen LogP contribution is 2.20. The first-order valence-corrected chi connectivity index (χ1v) is 6.49. The Kier molecular flexibility index (Phi) is 2.96. The summed E-state index contributed by atoms with van der Waals surface area (Å²) >= 11 is 0. The number of hydrogen-bond acceptors (Lipinski definition) is 3. The third kappa shape index (κ3) is 2.23. The van der Waals surface area contributed by atoms with E-state index < -0.39 is 16.7 Å². The van der Waals surface area contributed by atoms with Crippen molar-refractivity contribution in [1.29, 1.82) is 0 Å². The van der Waals surface area contributed by atoms with Gasteiger partial charge in [-0.2, -0.15) is 0 Å². The lowest BCUT2D eigenvalue weighted by atomic mass is 9.96. The van der Waals surface area contributed by atoms with Gasteiger partial charge >= 0.3 is 0 Å². The highest BCUT2D eigenvalue weighted by molar-refractivity contribution is 7.89. The van der Waals surface area contributed by atoms with Crippen LogP contribution in [0, 0.1) is 0 Å². The van der Waals surface area contributed by atoms with Crippen LogP contribution in [0.3, 0.4) is 0 Å². The van der Waals surface area contributed by atoms with Crippen LogP contribution >= 0.6 is 0 Å². The van der Waals surface area contributed by atoms with Crippen LogP contribution in [0.4, 0.5) is 4.39 Å². The van der Waals surface area contributed by atoms with Crippen LogP contribution in [-0.4, -0.2) is 21.1 Å². The molecule has 0 radical (unpaired) electrons. The second kappa shape index (κ2) is 4.12. The molecule has 16 heavy (non-hydrogen) atoms. The molecular formula is C10H13FN2O2S. The number of nitrogens with one attached hydrogen (secondary N) is 1. The van der Waals surface area contributed by atoms with Crippen LogP contribution in [0.25, 0.3) is 0 Å². The number of rotatable bonds is 2. The standard InChI is InChI=1S/C10H13FN2O2S/c11-5-9-3-7-1-2-10(16(12,14)15)4-8(7)6-13-9/h1-2,4,9,13H,3,5-6H2,(H2,12,14,15)/t9-/m1/s1. The molecule has 0 saturated carbocycles. The minimum absolute atomic E-state index is 0.103. The molecule has 1 aliphatic heterocycles. The molecule has 1 aromatic rings. The summed E-state index contributed by atoms with van der Waals surface area (Å²) < 4.78 is 34.7. The summed E-state index contributed by atoms with van der Waals surface area (Å²) in [6.45, 7) is 0.0592. The predicted molar refractivity (Wildman–Crippen MR) is 58.1 cm³/mol. The van der Waals surface area contributed by atoms with Crippen LogP contribution in [0.15, 0.2) is 23.1 Å². The van der Waals surface area contributed by atoms with E-state index in [1.165, 1.54) is 6.07 Å². The normalized spacial score (nSPS) is 20.5. The molecule has 0 aliphatic carbocycles. The van der Waals surface area contributed by atoms with E-state index in [9.17, 15) is 12.8 Å². The first kappa shape index (κ1) is 11.5. The zero-order valence-electron chi connectivity index (χ0n) is 8.61. The Morgan fingerprint density at radius 1 is 1.44 bits per heavy atom. The number of primary sulfonamides is 1. The average molecular weight is 244 g/mol. The lowest BCUT2D eigenvalue weighted by Gasteiger charge is -2.24. The Balaban J connectivity index is 2.35. The molecule has 1 aromatic carbocycles. The number of hydrogen-bond donors (Lipinski definition) is 2. The number of fused-ring (bicyclic) bond motifs is 1. The molecule has 0 fully saturated rings. The van der Waals surface area contributed by atoms with Crippen molar-refractivity contribution >= 4 is 10.0 Å². The minimum Gasteiger partial charge on any atom is -0.307 e. The van der Waals surface area contributed by atoms with E-state index in [0.717, 1.165) is 11.1 Å². The summed E-state index contributed by atoms with van der Waals surface area (Å²) in [5.74, 6) is 0. The van der Waals surface area contributed by atoms with Crippen molar-refractivity contribution in [2.45, 2.75) is 23.9 Å². The lowest BCUT2D eigenvalue weighted by Crippen LogP contribution is -2.37. The third-order valence-corrected chi connectivity index (χ3v) is 3.65. The number of alkyl halides is 1. The molecule has 0 aromatic heterocycles. The van der Waals surface area contributed by atoms with Gasteiger partial charge in [0.25, 0.3) is 0 Å². The van der Waals surface area contributed by atoms with E-state index in [-0.39, 0.29) is 10.9 Å². The summed E-state index contributed by atoms with van der Waals surface area (Å²) in [4.78, 5) is 0.103. The molecule has 6 heteroatoms. The van der Waals surface area contributed by atoms with Crippen LogP contribution < -0.4 is 10.5 Å². The zero-order valence-corrected chi connectivity index (χ0v) is 9.43. The fourth-order valence-corrected chi connectivity index (χ4v) is 2.41. The fraction of sp³-hybridized carbons (Fsp3) is 0.400. The van der Waals surface area contributed by atoms with Crippen LogP contribution in [0.5, 0.6) is 0 Å². The van der Waals surface area contributed by atoms with Crippen molar-refractivity contribution in [2.24, 2.45) is 5.14 Å². The molecule has 0 unspecified atom stereocenters. The van der Waals surface area contributed by atoms with E-state index in [0.29, 0.717) is 13.0 Å². The van der Waals surface area contributed by atoms with Gasteiger partial charge in [-0.25, -0.2) is 17.9 Å². The summed E-state index contributed by atoms with van der Waals surface area (Å²) in [7, 11) is -3.66. The Morgan fingerprint density at radius 3 is 2.81 bits per heavy atom. The third-order valence-electron chi connectivity index (χ3n) is 2.74. The Labute approximate surface area is 93.7 Å². The summed E-state index contributed by atoms with van der Waals surface area (Å²) in [6, 6.07) is 4.55. The smallest absolute Gasteiger partial charge is 0.238 e. The molecule has 0 saturated heterocycles.